The summed E-state index contributed by atoms with van der Waals surface area (Å²) in [6, 6.07) is 7.88. The lowest BCUT2D eigenvalue weighted by molar-refractivity contribution is -0.122. The van der Waals surface area contributed by atoms with Crippen molar-refractivity contribution < 1.29 is 9.59 Å². The molecule has 1 atom stereocenters. The molecule has 1 heterocycles. The topological polar surface area (TPSA) is 46.2 Å². The molecule has 1 N–H and O–H groups in total. The maximum Gasteiger partial charge on any atom is 0.225 e. The maximum atomic E-state index is 12.2. The predicted molar refractivity (Wildman–Crippen MR) is 75.5 cm³/mol. The van der Waals surface area contributed by atoms with Crippen molar-refractivity contribution in [2.45, 2.75) is 31.6 Å². The molecule has 0 aromatic heterocycles. The number of allylic oxidation sites excluding steroid dienone is 2. The summed E-state index contributed by atoms with van der Waals surface area (Å²) in [5.74, 6) is 0.125. The van der Waals surface area contributed by atoms with Crippen LogP contribution in [0.2, 0.25) is 0 Å². The van der Waals surface area contributed by atoms with E-state index in [2.05, 4.69) is 21.2 Å². The van der Waals surface area contributed by atoms with E-state index in [9.17, 15) is 9.59 Å². The fraction of sp³-hybridized carbons (Fsp3) is 0.333. The lowest BCUT2D eigenvalue weighted by Crippen LogP contribution is -2.36. The minimum absolute atomic E-state index is 0.0152. The molecule has 1 aliphatic heterocycles. The summed E-state index contributed by atoms with van der Waals surface area (Å²) in [5, 5.41) is 2.87. The van der Waals surface area contributed by atoms with E-state index in [1.54, 1.807) is 0 Å². The van der Waals surface area contributed by atoms with Crippen LogP contribution >= 0.6 is 15.9 Å². The average molecular weight is 320 g/mol. The van der Waals surface area contributed by atoms with Gasteiger partial charge in [0.2, 0.25) is 5.91 Å². The van der Waals surface area contributed by atoms with Crippen molar-refractivity contribution in [1.29, 1.82) is 0 Å². The number of nitrogens with one attached hydrogen (secondary N) is 1. The molecule has 1 aromatic rings. The Morgan fingerprint density at radius 3 is 2.58 bits per heavy atom. The maximum absolute atomic E-state index is 12.2. The van der Waals surface area contributed by atoms with Gasteiger partial charge in [-0.05, 0) is 30.5 Å². The number of hydrogen-bond acceptors (Lipinski definition) is 2. The summed E-state index contributed by atoms with van der Waals surface area (Å²) in [7, 11) is 0. The minimum atomic E-state index is -0.0790. The molecule has 0 radical (unpaired) electrons. The number of halogens is 1. The second-order valence-electron chi connectivity index (χ2n) is 5.03. The van der Waals surface area contributed by atoms with Crippen LogP contribution in [0.4, 0.5) is 0 Å². The van der Waals surface area contributed by atoms with Crippen molar-refractivity contribution in [3.8, 4) is 0 Å². The molecular weight excluding hydrogens is 306 g/mol. The predicted octanol–water partition coefficient (Wildman–Crippen LogP) is 3.06. The van der Waals surface area contributed by atoms with Crippen LogP contribution in [-0.2, 0) is 9.59 Å². The quantitative estimate of drug-likeness (QED) is 0.864. The zero-order chi connectivity index (χ0) is 13.4. The molecule has 0 spiro atoms. The van der Waals surface area contributed by atoms with Crippen molar-refractivity contribution in [2.24, 2.45) is 0 Å². The molecule has 19 heavy (non-hydrogen) atoms. The van der Waals surface area contributed by atoms with E-state index in [4.69, 9.17) is 0 Å². The third-order valence-corrected chi connectivity index (χ3v) is 4.29. The average Bonchev–Trinajstić information content (AvgIpc) is 2.38. The fourth-order valence-corrected chi connectivity index (χ4v) is 3.15. The van der Waals surface area contributed by atoms with E-state index >= 15 is 0 Å². The van der Waals surface area contributed by atoms with Gasteiger partial charge < -0.3 is 5.32 Å². The van der Waals surface area contributed by atoms with Gasteiger partial charge in [-0.1, -0.05) is 28.1 Å². The number of carbonyl (C=O) groups is 2. The Balaban J connectivity index is 2.05. The van der Waals surface area contributed by atoms with E-state index < -0.39 is 0 Å². The highest BCUT2D eigenvalue weighted by molar-refractivity contribution is 9.10. The number of Topliss-reactive ketones (excluding diaryl/α,β-unsaturated/α-hetero) is 1. The van der Waals surface area contributed by atoms with E-state index in [0.717, 1.165) is 34.1 Å². The van der Waals surface area contributed by atoms with Gasteiger partial charge in [0, 0.05) is 34.5 Å². The minimum Gasteiger partial charge on any atom is -0.329 e. The number of rotatable bonds is 1. The summed E-state index contributed by atoms with van der Waals surface area (Å²) in [4.78, 5) is 24.0. The zero-order valence-corrected chi connectivity index (χ0v) is 12.0. The van der Waals surface area contributed by atoms with Crippen LogP contribution in [0.15, 0.2) is 40.0 Å². The summed E-state index contributed by atoms with van der Waals surface area (Å²) in [5.41, 5.74) is 2.72. The first kappa shape index (κ1) is 12.6. The number of amides is 1. The standard InChI is InChI=1S/C15H14BrNO2/c16-10-6-4-9(5-7-10)11-8-14(19)17-12-2-1-3-13(18)15(11)12/h4-7,11H,1-3,8H2,(H,17,19)/t11-/m0/s1. The number of benzene rings is 1. The van der Waals surface area contributed by atoms with Crippen LogP contribution in [0.25, 0.3) is 0 Å². The van der Waals surface area contributed by atoms with Gasteiger partial charge in [0.05, 0.1) is 0 Å². The van der Waals surface area contributed by atoms with Crippen LogP contribution in [-0.4, -0.2) is 11.7 Å². The van der Waals surface area contributed by atoms with E-state index in [-0.39, 0.29) is 17.6 Å². The molecule has 2 aliphatic rings. The molecule has 1 amide bonds. The largest absolute Gasteiger partial charge is 0.329 e. The Bertz CT molecular complexity index is 574. The van der Waals surface area contributed by atoms with Gasteiger partial charge in [-0.2, -0.15) is 0 Å². The highest BCUT2D eigenvalue weighted by Gasteiger charge is 2.34. The third kappa shape index (κ3) is 2.37. The molecule has 98 valence electrons. The normalized spacial score (nSPS) is 23.1. The zero-order valence-electron chi connectivity index (χ0n) is 10.4. The lowest BCUT2D eigenvalue weighted by atomic mass is 9.78. The van der Waals surface area contributed by atoms with Gasteiger partial charge >= 0.3 is 0 Å². The number of hydrogen-bond donors (Lipinski definition) is 1. The van der Waals surface area contributed by atoms with Crippen LogP contribution < -0.4 is 5.32 Å². The van der Waals surface area contributed by atoms with Crippen LogP contribution in [0.1, 0.15) is 37.2 Å². The van der Waals surface area contributed by atoms with Crippen LogP contribution in [0.5, 0.6) is 0 Å². The van der Waals surface area contributed by atoms with E-state index in [0.29, 0.717) is 12.8 Å². The van der Waals surface area contributed by atoms with E-state index in [1.165, 1.54) is 0 Å². The van der Waals surface area contributed by atoms with Crippen molar-refractivity contribution in [2.75, 3.05) is 0 Å². The van der Waals surface area contributed by atoms with Crippen molar-refractivity contribution in [3.63, 3.8) is 0 Å². The Hall–Kier alpha value is -1.42. The number of ketones is 1. The Morgan fingerprint density at radius 2 is 1.84 bits per heavy atom. The van der Waals surface area contributed by atoms with Crippen molar-refractivity contribution in [1.82, 2.24) is 5.32 Å². The summed E-state index contributed by atoms with van der Waals surface area (Å²) in [6.45, 7) is 0. The molecule has 0 fully saturated rings. The van der Waals surface area contributed by atoms with Gasteiger partial charge in [-0.3, -0.25) is 9.59 Å². The van der Waals surface area contributed by atoms with Crippen LogP contribution in [0.3, 0.4) is 0 Å². The SMILES string of the molecule is O=C1C[C@@H](c2ccc(Br)cc2)C2=C(CCCC2=O)N1. The lowest BCUT2D eigenvalue weighted by Gasteiger charge is -2.31. The second-order valence-corrected chi connectivity index (χ2v) is 5.94. The third-order valence-electron chi connectivity index (χ3n) is 3.76. The first-order valence-corrected chi connectivity index (χ1v) is 7.26. The Kier molecular flexibility index (Phi) is 3.27. The molecule has 3 nitrogen and oxygen atoms in total. The van der Waals surface area contributed by atoms with Gasteiger partial charge in [-0.25, -0.2) is 0 Å². The molecule has 0 unspecified atom stereocenters. The van der Waals surface area contributed by atoms with E-state index in [1.807, 2.05) is 24.3 Å². The molecule has 0 bridgehead atoms. The smallest absolute Gasteiger partial charge is 0.225 e. The molecule has 1 aromatic carbocycles. The highest BCUT2D eigenvalue weighted by atomic mass is 79.9. The molecule has 3 rings (SSSR count). The molecule has 0 saturated heterocycles. The highest BCUT2D eigenvalue weighted by Crippen LogP contribution is 2.38. The number of carbonyl (C=O) groups excluding carboxylic acids is 2. The van der Waals surface area contributed by atoms with Crippen molar-refractivity contribution in [3.05, 3.63) is 45.6 Å². The Labute approximate surface area is 120 Å². The summed E-state index contributed by atoms with van der Waals surface area (Å²) in [6.07, 6.45) is 2.61. The van der Waals surface area contributed by atoms with Gasteiger partial charge in [0.15, 0.2) is 5.78 Å². The van der Waals surface area contributed by atoms with Crippen LogP contribution in [0, 0.1) is 0 Å². The second kappa shape index (κ2) is 4.93. The molecule has 4 heteroatoms. The Morgan fingerprint density at radius 1 is 1.11 bits per heavy atom. The summed E-state index contributed by atoms with van der Waals surface area (Å²) < 4.78 is 1.00. The monoisotopic (exact) mass is 319 g/mol. The first-order valence-electron chi connectivity index (χ1n) is 6.46. The molecular formula is C15H14BrNO2. The first-order chi connectivity index (χ1) is 9.15. The molecule has 1 aliphatic carbocycles. The van der Waals surface area contributed by atoms with Gasteiger partial charge in [-0.15, -0.1) is 0 Å². The summed E-state index contributed by atoms with van der Waals surface area (Å²) >= 11 is 3.40. The fourth-order valence-electron chi connectivity index (χ4n) is 2.88. The van der Waals surface area contributed by atoms with Gasteiger partial charge in [0.25, 0.3) is 0 Å². The van der Waals surface area contributed by atoms with Gasteiger partial charge in [0.1, 0.15) is 0 Å². The molecule has 0 saturated carbocycles. The van der Waals surface area contributed by atoms with Crippen molar-refractivity contribution >= 4 is 27.6 Å².